The fraction of sp³-hybridized carbons (Fsp3) is 0.545. The first-order chi connectivity index (χ1) is 7.33. The van der Waals surface area contributed by atoms with Crippen molar-refractivity contribution in [2.45, 2.75) is 38.0 Å². The Kier molecular flexibility index (Phi) is 2.91. The van der Waals surface area contributed by atoms with Crippen LogP contribution in [0.5, 0.6) is 0 Å². The standard InChI is InChI=1S/C11H12FN3/c12-10-9(6-13)14-7-15-11(10)8-4-2-1-3-5-8/h7-8H,1-5H2. The summed E-state index contributed by atoms with van der Waals surface area (Å²) in [7, 11) is 0. The summed E-state index contributed by atoms with van der Waals surface area (Å²) in [5.74, 6) is -0.347. The van der Waals surface area contributed by atoms with Gasteiger partial charge in [0.05, 0.1) is 5.69 Å². The minimum absolute atomic E-state index is 0.134. The van der Waals surface area contributed by atoms with Gasteiger partial charge in [-0.3, -0.25) is 0 Å². The molecule has 0 N–H and O–H groups in total. The third kappa shape index (κ3) is 1.96. The summed E-state index contributed by atoms with van der Waals surface area (Å²) in [6.45, 7) is 0. The van der Waals surface area contributed by atoms with E-state index in [0.29, 0.717) is 5.69 Å². The number of nitrogens with zero attached hydrogens (tertiary/aromatic N) is 3. The lowest BCUT2D eigenvalue weighted by Crippen LogP contribution is -2.10. The number of aromatic nitrogens is 2. The van der Waals surface area contributed by atoms with Crippen LogP contribution in [0.1, 0.15) is 49.4 Å². The molecule has 1 aromatic heterocycles. The van der Waals surface area contributed by atoms with Gasteiger partial charge in [0.2, 0.25) is 0 Å². The summed E-state index contributed by atoms with van der Waals surface area (Å²) in [6.07, 6.45) is 6.68. The molecule has 3 nitrogen and oxygen atoms in total. The summed E-state index contributed by atoms with van der Waals surface area (Å²) in [5, 5.41) is 8.66. The Morgan fingerprint density at radius 2 is 2.00 bits per heavy atom. The highest BCUT2D eigenvalue weighted by Gasteiger charge is 2.22. The van der Waals surface area contributed by atoms with Crippen LogP contribution in [-0.4, -0.2) is 9.97 Å². The fourth-order valence-electron chi connectivity index (χ4n) is 2.12. The molecule has 78 valence electrons. The molecule has 1 aliphatic rings. The zero-order chi connectivity index (χ0) is 10.7. The molecule has 0 saturated heterocycles. The summed E-state index contributed by atoms with van der Waals surface area (Å²) in [5.41, 5.74) is 0.298. The maximum Gasteiger partial charge on any atom is 0.181 e. The molecule has 0 atom stereocenters. The molecule has 2 rings (SSSR count). The van der Waals surface area contributed by atoms with Gasteiger partial charge in [0.25, 0.3) is 0 Å². The molecule has 1 saturated carbocycles. The molecule has 4 heteroatoms. The number of hydrogen-bond acceptors (Lipinski definition) is 3. The van der Waals surface area contributed by atoms with Gasteiger partial charge in [-0.25, -0.2) is 14.4 Å². The highest BCUT2D eigenvalue weighted by molar-refractivity contribution is 5.25. The van der Waals surface area contributed by atoms with E-state index < -0.39 is 5.82 Å². The Morgan fingerprint density at radius 3 is 2.67 bits per heavy atom. The van der Waals surface area contributed by atoms with Crippen LogP contribution in [0.2, 0.25) is 0 Å². The fourth-order valence-corrected chi connectivity index (χ4v) is 2.12. The van der Waals surface area contributed by atoms with Gasteiger partial charge in [0.15, 0.2) is 11.5 Å². The third-order valence-electron chi connectivity index (χ3n) is 2.91. The van der Waals surface area contributed by atoms with Crippen LogP contribution in [0.25, 0.3) is 0 Å². The topological polar surface area (TPSA) is 49.6 Å². The lowest BCUT2D eigenvalue weighted by molar-refractivity contribution is 0.418. The van der Waals surface area contributed by atoms with E-state index in [1.165, 1.54) is 12.7 Å². The largest absolute Gasteiger partial charge is 0.238 e. The Bertz CT molecular complexity index is 391. The van der Waals surface area contributed by atoms with Crippen molar-refractivity contribution < 1.29 is 4.39 Å². The summed E-state index contributed by atoms with van der Waals surface area (Å²) < 4.78 is 13.7. The minimum atomic E-state index is -0.521. The van der Waals surface area contributed by atoms with Crippen molar-refractivity contribution in [3.8, 4) is 6.07 Å². The van der Waals surface area contributed by atoms with Gasteiger partial charge in [-0.05, 0) is 12.8 Å². The van der Waals surface area contributed by atoms with Crippen molar-refractivity contribution in [1.29, 1.82) is 5.26 Å². The zero-order valence-electron chi connectivity index (χ0n) is 8.41. The van der Waals surface area contributed by atoms with Gasteiger partial charge >= 0.3 is 0 Å². The normalized spacial score (nSPS) is 17.3. The van der Waals surface area contributed by atoms with E-state index >= 15 is 0 Å². The number of halogens is 1. The number of hydrogen-bond donors (Lipinski definition) is 0. The van der Waals surface area contributed by atoms with E-state index in [1.54, 1.807) is 6.07 Å². The lowest BCUT2D eigenvalue weighted by Gasteiger charge is -2.21. The highest BCUT2D eigenvalue weighted by Crippen LogP contribution is 2.32. The van der Waals surface area contributed by atoms with Gasteiger partial charge in [-0.2, -0.15) is 5.26 Å². The SMILES string of the molecule is N#Cc1ncnc(C2CCCCC2)c1F. The van der Waals surface area contributed by atoms with Crippen molar-refractivity contribution in [2.75, 3.05) is 0 Å². The average Bonchev–Trinajstić information content (AvgIpc) is 2.30. The van der Waals surface area contributed by atoms with Gasteiger partial charge < -0.3 is 0 Å². The van der Waals surface area contributed by atoms with E-state index in [-0.39, 0.29) is 11.6 Å². The molecule has 0 amide bonds. The smallest absolute Gasteiger partial charge is 0.181 e. The average molecular weight is 205 g/mol. The van der Waals surface area contributed by atoms with Crippen molar-refractivity contribution in [2.24, 2.45) is 0 Å². The molecule has 0 radical (unpaired) electrons. The van der Waals surface area contributed by atoms with Gasteiger partial charge in [-0.15, -0.1) is 0 Å². The second kappa shape index (κ2) is 4.35. The quantitative estimate of drug-likeness (QED) is 0.707. The first-order valence-electron chi connectivity index (χ1n) is 5.23. The predicted octanol–water partition coefficient (Wildman–Crippen LogP) is 2.54. The van der Waals surface area contributed by atoms with Crippen LogP contribution < -0.4 is 0 Å². The highest BCUT2D eigenvalue weighted by atomic mass is 19.1. The van der Waals surface area contributed by atoms with Crippen LogP contribution in [0, 0.1) is 17.1 Å². The monoisotopic (exact) mass is 205 g/mol. The molecule has 1 heterocycles. The van der Waals surface area contributed by atoms with Gasteiger partial charge in [0, 0.05) is 5.92 Å². The van der Waals surface area contributed by atoms with E-state index in [2.05, 4.69) is 9.97 Å². The van der Waals surface area contributed by atoms with Gasteiger partial charge in [-0.1, -0.05) is 19.3 Å². The first-order valence-corrected chi connectivity index (χ1v) is 5.23. The Labute approximate surface area is 88.0 Å². The summed E-state index contributed by atoms with van der Waals surface area (Å²) in [4.78, 5) is 7.58. The Balaban J connectivity index is 2.31. The number of nitriles is 1. The van der Waals surface area contributed by atoms with E-state index in [1.807, 2.05) is 0 Å². The van der Waals surface area contributed by atoms with Crippen LogP contribution >= 0.6 is 0 Å². The molecule has 1 fully saturated rings. The summed E-state index contributed by atoms with van der Waals surface area (Å²) >= 11 is 0. The third-order valence-corrected chi connectivity index (χ3v) is 2.91. The van der Waals surface area contributed by atoms with Crippen molar-refractivity contribution in [1.82, 2.24) is 9.97 Å². The molecule has 0 aliphatic heterocycles. The Hall–Kier alpha value is -1.50. The molecule has 15 heavy (non-hydrogen) atoms. The van der Waals surface area contributed by atoms with E-state index in [0.717, 1.165) is 25.7 Å². The molecule has 0 aromatic carbocycles. The van der Waals surface area contributed by atoms with Crippen LogP contribution in [0.15, 0.2) is 6.33 Å². The molecule has 0 spiro atoms. The van der Waals surface area contributed by atoms with Crippen LogP contribution in [0.4, 0.5) is 4.39 Å². The van der Waals surface area contributed by atoms with Crippen LogP contribution in [-0.2, 0) is 0 Å². The molecular formula is C11H12FN3. The molecule has 1 aromatic rings. The van der Waals surface area contributed by atoms with Crippen molar-refractivity contribution >= 4 is 0 Å². The van der Waals surface area contributed by atoms with Crippen molar-refractivity contribution in [3.05, 3.63) is 23.5 Å². The molecule has 0 unspecified atom stereocenters. The minimum Gasteiger partial charge on any atom is -0.238 e. The predicted molar refractivity (Wildman–Crippen MR) is 52.5 cm³/mol. The van der Waals surface area contributed by atoms with Crippen LogP contribution in [0.3, 0.4) is 0 Å². The lowest BCUT2D eigenvalue weighted by atomic mass is 9.86. The molecular weight excluding hydrogens is 193 g/mol. The molecule has 0 bridgehead atoms. The summed E-state index contributed by atoms with van der Waals surface area (Å²) in [6, 6.07) is 1.75. The molecule has 1 aliphatic carbocycles. The second-order valence-electron chi connectivity index (χ2n) is 3.87. The Morgan fingerprint density at radius 1 is 1.27 bits per heavy atom. The maximum absolute atomic E-state index is 13.7. The van der Waals surface area contributed by atoms with Crippen molar-refractivity contribution in [3.63, 3.8) is 0 Å². The first kappa shape index (κ1) is 10.0. The van der Waals surface area contributed by atoms with E-state index in [4.69, 9.17) is 5.26 Å². The number of rotatable bonds is 1. The maximum atomic E-state index is 13.7. The van der Waals surface area contributed by atoms with E-state index in [9.17, 15) is 4.39 Å². The zero-order valence-corrected chi connectivity index (χ0v) is 8.41. The second-order valence-corrected chi connectivity index (χ2v) is 3.87. The van der Waals surface area contributed by atoms with Gasteiger partial charge in [0.1, 0.15) is 12.4 Å².